The number of carbonyl (C=O) groups is 3. The fourth-order valence-electron chi connectivity index (χ4n) is 6.19. The molecule has 1 unspecified atom stereocenters. The Hall–Kier alpha value is -4.15. The van der Waals surface area contributed by atoms with Crippen LogP contribution in [0.25, 0.3) is 10.9 Å². The van der Waals surface area contributed by atoms with E-state index in [1.165, 1.54) is 9.58 Å². The molecule has 0 aliphatic heterocycles. The molecule has 14 nitrogen and oxygen atoms in total. The number of sulfonamides is 1. The quantitative estimate of drug-likeness (QED) is 0.0782. The Morgan fingerprint density at radius 1 is 0.845 bits per heavy atom. The predicted octanol–water partition coefficient (Wildman–Crippen LogP) is 9.41. The average Bonchev–Trinajstić information content (AvgIpc) is 3.46. The Morgan fingerprint density at radius 3 is 2.00 bits per heavy atom. The molecule has 0 radical (unpaired) electrons. The fraction of sp³-hybridized carbons (Fsp3) is 0.619. The lowest BCUT2D eigenvalue weighted by Crippen LogP contribution is -2.45. The molecular formula is C42H66N4O10SSi. The van der Waals surface area contributed by atoms with E-state index in [0.717, 1.165) is 29.2 Å². The van der Waals surface area contributed by atoms with E-state index in [1.54, 1.807) is 92.6 Å². The van der Waals surface area contributed by atoms with Crippen LogP contribution in [0.2, 0.25) is 18.1 Å². The topological polar surface area (TPSA) is 165 Å². The van der Waals surface area contributed by atoms with Gasteiger partial charge in [0.2, 0.25) is 10.0 Å². The fourth-order valence-corrected chi connectivity index (χ4v) is 9.94. The second kappa shape index (κ2) is 19.3. The van der Waals surface area contributed by atoms with E-state index in [0.29, 0.717) is 16.8 Å². The third kappa shape index (κ3) is 14.6. The maximum Gasteiger partial charge on any atom is 0.435 e. The van der Waals surface area contributed by atoms with Gasteiger partial charge in [-0.25, -0.2) is 18.0 Å². The van der Waals surface area contributed by atoms with Crippen LogP contribution >= 0.6 is 0 Å². The van der Waals surface area contributed by atoms with Crippen LogP contribution in [0.1, 0.15) is 120 Å². The van der Waals surface area contributed by atoms with Gasteiger partial charge in [-0.3, -0.25) is 9.52 Å². The molecule has 0 aliphatic carbocycles. The summed E-state index contributed by atoms with van der Waals surface area (Å²) >= 11 is 0. The molecule has 58 heavy (non-hydrogen) atoms. The lowest BCUT2D eigenvalue weighted by molar-refractivity contribution is -0.151. The Labute approximate surface area is 346 Å². The molecule has 1 atom stereocenters. The van der Waals surface area contributed by atoms with E-state index in [9.17, 15) is 22.8 Å². The van der Waals surface area contributed by atoms with Gasteiger partial charge in [0, 0.05) is 17.1 Å². The molecule has 16 heteroatoms. The monoisotopic (exact) mass is 846 g/mol. The minimum Gasteiger partial charge on any atom is -0.492 e. The number of rotatable bonds is 17. The van der Waals surface area contributed by atoms with E-state index in [4.69, 9.17) is 23.4 Å². The largest absolute Gasteiger partial charge is 0.492 e. The Bertz CT molecular complexity index is 1980. The number of hydrogen-bond acceptors (Lipinski definition) is 11. The number of fused-ring (bicyclic) bond motifs is 1. The van der Waals surface area contributed by atoms with Gasteiger partial charge in [0.15, 0.2) is 14.1 Å². The van der Waals surface area contributed by atoms with Crippen molar-refractivity contribution in [2.45, 2.75) is 144 Å². The third-order valence-corrected chi connectivity index (χ3v) is 14.9. The summed E-state index contributed by atoms with van der Waals surface area (Å²) in [7, 11) is -6.44. The van der Waals surface area contributed by atoms with Crippen LogP contribution in [0.4, 0.5) is 15.3 Å². The van der Waals surface area contributed by atoms with Crippen LogP contribution < -0.4 is 9.46 Å². The molecule has 3 rings (SSSR count). The molecule has 1 N–H and O–H groups in total. The van der Waals surface area contributed by atoms with Crippen molar-refractivity contribution < 1.29 is 46.2 Å². The summed E-state index contributed by atoms with van der Waals surface area (Å²) in [5.74, 6) is -1.21. The second-order valence-electron chi connectivity index (χ2n) is 17.8. The van der Waals surface area contributed by atoms with E-state index >= 15 is 0 Å². The molecule has 2 aromatic carbocycles. The number of amides is 1. The Balaban J connectivity index is 1.98. The minimum absolute atomic E-state index is 0.0449. The van der Waals surface area contributed by atoms with Crippen molar-refractivity contribution in [3.8, 4) is 5.75 Å². The van der Waals surface area contributed by atoms with Crippen molar-refractivity contribution in [1.82, 2.24) is 14.7 Å². The molecule has 1 amide bonds. The van der Waals surface area contributed by atoms with Crippen LogP contribution in [0.5, 0.6) is 5.75 Å². The molecule has 3 aromatic rings. The van der Waals surface area contributed by atoms with Crippen LogP contribution in [-0.2, 0) is 33.5 Å². The highest BCUT2D eigenvalue weighted by Gasteiger charge is 2.35. The molecule has 1 aromatic heterocycles. The Morgan fingerprint density at radius 2 is 1.45 bits per heavy atom. The van der Waals surface area contributed by atoms with Gasteiger partial charge in [-0.15, -0.1) is 0 Å². The zero-order valence-corrected chi connectivity index (χ0v) is 38.8. The first-order chi connectivity index (χ1) is 26.7. The molecule has 0 fully saturated rings. The van der Waals surface area contributed by atoms with Crippen LogP contribution in [0.15, 0.2) is 42.5 Å². The summed E-state index contributed by atoms with van der Waals surface area (Å²) in [6.07, 6.45) is -1.84. The van der Waals surface area contributed by atoms with Gasteiger partial charge in [-0.05, 0) is 116 Å². The van der Waals surface area contributed by atoms with Crippen LogP contribution in [0, 0.1) is 0 Å². The third-order valence-electron chi connectivity index (χ3n) is 9.05. The highest BCUT2D eigenvalue weighted by molar-refractivity contribution is 7.93. The normalized spacial score (nSPS) is 13.3. The van der Waals surface area contributed by atoms with Gasteiger partial charge in [0.1, 0.15) is 29.2 Å². The van der Waals surface area contributed by atoms with Gasteiger partial charge < -0.3 is 28.3 Å². The van der Waals surface area contributed by atoms with Crippen LogP contribution in [0.3, 0.4) is 0 Å². The number of nitrogens with zero attached hydrogens (tertiary/aromatic N) is 3. The van der Waals surface area contributed by atoms with Crippen LogP contribution in [-0.4, -0.2) is 91.8 Å². The summed E-state index contributed by atoms with van der Waals surface area (Å²) in [6, 6.07) is 14.7. The summed E-state index contributed by atoms with van der Waals surface area (Å²) < 4.78 is 59.8. The number of hydrogen-bond donors (Lipinski definition) is 1. The molecular weight excluding hydrogens is 781 g/mol. The maximum atomic E-state index is 13.9. The van der Waals surface area contributed by atoms with Crippen molar-refractivity contribution in [1.29, 1.82) is 0 Å². The number of carbonyl (C=O) groups excluding carboxylic acids is 3. The predicted molar refractivity (Wildman–Crippen MR) is 229 cm³/mol. The van der Waals surface area contributed by atoms with E-state index in [-0.39, 0.29) is 31.3 Å². The Kier molecular flexibility index (Phi) is 16.0. The molecule has 0 aliphatic rings. The smallest absolute Gasteiger partial charge is 0.435 e. The standard InChI is InChI=1S/C42H66N4O10SSi/c1-15-58(16-2,17-3)56-35(30-19-18-20-31(25-30)44-57(50,51)28-36(47)53-40(6,7)8)27-45(38(48)54-41(9,10)11)23-24-52-32-21-22-33-34(26-32)46(43-37(33)29(4)5)39(49)55-42(12,13)14/h18-22,25-26,29,35,44H,15-17,23-24,27-28H2,1-14H3. The first-order valence-corrected chi connectivity index (χ1v) is 24.2. The number of aromatic nitrogens is 2. The van der Waals surface area contributed by atoms with Crippen molar-refractivity contribution >= 4 is 53.1 Å². The molecule has 0 saturated heterocycles. The zero-order valence-electron chi connectivity index (χ0n) is 37.0. The van der Waals surface area contributed by atoms with Gasteiger partial charge >= 0.3 is 18.2 Å². The lowest BCUT2D eigenvalue weighted by atomic mass is 10.1. The molecule has 0 bridgehead atoms. The van der Waals surface area contributed by atoms with Crippen molar-refractivity contribution in [2.75, 3.05) is 30.2 Å². The van der Waals surface area contributed by atoms with E-state index in [1.807, 2.05) is 26.0 Å². The highest BCUT2D eigenvalue weighted by Crippen LogP contribution is 2.33. The maximum absolute atomic E-state index is 13.9. The van der Waals surface area contributed by atoms with Crippen molar-refractivity contribution in [2.24, 2.45) is 0 Å². The SMILES string of the molecule is CC[Si](CC)(CC)OC(CN(CCOc1ccc2c(C(C)C)nn(C(=O)OC(C)(C)C)c2c1)C(=O)OC(C)(C)C)c1cccc(NS(=O)(=O)CC(=O)OC(C)(C)C)c1. The summed E-state index contributed by atoms with van der Waals surface area (Å²) in [5, 5.41) is 5.39. The number of anilines is 1. The first kappa shape index (κ1) is 48.2. The highest BCUT2D eigenvalue weighted by atomic mass is 32.2. The van der Waals surface area contributed by atoms with Crippen molar-refractivity contribution in [3.05, 3.63) is 53.7 Å². The summed E-state index contributed by atoms with van der Waals surface area (Å²) in [4.78, 5) is 41.0. The number of esters is 1. The molecule has 0 saturated carbocycles. The van der Waals surface area contributed by atoms with Gasteiger partial charge in [0.25, 0.3) is 0 Å². The number of benzene rings is 2. The minimum atomic E-state index is -4.11. The second-order valence-corrected chi connectivity index (χ2v) is 24.3. The van der Waals surface area contributed by atoms with E-state index in [2.05, 4.69) is 30.6 Å². The molecule has 324 valence electrons. The lowest BCUT2D eigenvalue weighted by Gasteiger charge is -2.36. The van der Waals surface area contributed by atoms with Crippen molar-refractivity contribution in [3.63, 3.8) is 0 Å². The zero-order chi connectivity index (χ0) is 43.9. The van der Waals surface area contributed by atoms with Gasteiger partial charge in [-0.2, -0.15) is 9.78 Å². The molecule has 0 spiro atoms. The average molecular weight is 847 g/mol. The molecule has 1 heterocycles. The summed E-state index contributed by atoms with van der Waals surface area (Å²) in [6.45, 7) is 26.3. The van der Waals surface area contributed by atoms with Gasteiger partial charge in [0.05, 0.1) is 30.4 Å². The first-order valence-electron chi connectivity index (χ1n) is 20.1. The van der Waals surface area contributed by atoms with E-state index < -0.39 is 65.2 Å². The summed E-state index contributed by atoms with van der Waals surface area (Å²) in [5.41, 5.74) is -0.199. The number of nitrogens with one attached hydrogen (secondary N) is 1. The number of ether oxygens (including phenoxy) is 4. The van der Waals surface area contributed by atoms with Gasteiger partial charge in [-0.1, -0.05) is 46.8 Å².